The largest absolute Gasteiger partial charge is 0.455 e. The summed E-state index contributed by atoms with van der Waals surface area (Å²) in [6.07, 6.45) is 1.07. The summed E-state index contributed by atoms with van der Waals surface area (Å²) in [5, 5.41) is 2.96. The third kappa shape index (κ3) is 4.67. The van der Waals surface area contributed by atoms with E-state index in [9.17, 15) is 0 Å². The normalized spacial score (nSPS) is 10.9. The molecule has 20 heavy (non-hydrogen) atoms. The zero-order chi connectivity index (χ0) is 14.2. The van der Waals surface area contributed by atoms with Crippen molar-refractivity contribution in [3.8, 4) is 11.3 Å². The zero-order valence-corrected chi connectivity index (χ0v) is 12.5. The number of quaternary nitrogens is 1. The van der Waals surface area contributed by atoms with E-state index in [2.05, 4.69) is 5.32 Å². The van der Waals surface area contributed by atoms with Crippen LogP contribution in [0.25, 0.3) is 11.3 Å². The quantitative estimate of drug-likeness (QED) is 0.760. The lowest BCUT2D eigenvalue weighted by Crippen LogP contribution is -2.82. The van der Waals surface area contributed by atoms with Crippen molar-refractivity contribution in [1.82, 2.24) is 0 Å². The lowest BCUT2D eigenvalue weighted by molar-refractivity contribution is -0.672. The third-order valence-electron chi connectivity index (χ3n) is 3.02. The number of hydrogen-bond acceptors (Lipinski definition) is 2. The van der Waals surface area contributed by atoms with Crippen molar-refractivity contribution in [2.24, 2.45) is 0 Å². The number of benzene rings is 1. The molecule has 0 radical (unpaired) electrons. The molecule has 108 valence electrons. The van der Waals surface area contributed by atoms with Gasteiger partial charge < -0.3 is 14.5 Å². The number of ether oxygens (including phenoxy) is 1. The van der Waals surface area contributed by atoms with Crippen LogP contribution in [0.1, 0.15) is 19.1 Å². The van der Waals surface area contributed by atoms with E-state index in [4.69, 9.17) is 20.8 Å². The fraction of sp³-hybridized carbons (Fsp3) is 0.375. The van der Waals surface area contributed by atoms with E-state index in [1.165, 1.54) is 0 Å². The molecule has 0 saturated carbocycles. The Morgan fingerprint density at radius 3 is 2.95 bits per heavy atom. The van der Waals surface area contributed by atoms with E-state index >= 15 is 0 Å². The first-order chi connectivity index (χ1) is 9.79. The van der Waals surface area contributed by atoms with Gasteiger partial charge in [0, 0.05) is 23.6 Å². The molecule has 0 fully saturated rings. The molecule has 0 aliphatic rings. The number of rotatable bonds is 8. The molecular weight excluding hydrogens is 274 g/mol. The van der Waals surface area contributed by atoms with Crippen LogP contribution in [0.4, 0.5) is 0 Å². The molecule has 2 N–H and O–H groups in total. The average Bonchev–Trinajstić information content (AvgIpc) is 2.91. The molecule has 3 nitrogen and oxygen atoms in total. The van der Waals surface area contributed by atoms with Crippen molar-refractivity contribution in [2.45, 2.75) is 19.9 Å². The van der Waals surface area contributed by atoms with Crippen LogP contribution in [0.5, 0.6) is 0 Å². The van der Waals surface area contributed by atoms with Gasteiger partial charge in [-0.3, -0.25) is 0 Å². The molecule has 0 aliphatic carbocycles. The molecule has 1 aromatic carbocycles. The Labute approximate surface area is 124 Å². The summed E-state index contributed by atoms with van der Waals surface area (Å²) in [5.41, 5.74) is 1.01. The van der Waals surface area contributed by atoms with Crippen LogP contribution in [0.3, 0.4) is 0 Å². The molecule has 0 saturated heterocycles. The van der Waals surface area contributed by atoms with Crippen molar-refractivity contribution in [3.63, 3.8) is 0 Å². The van der Waals surface area contributed by atoms with E-state index in [1.807, 2.05) is 43.3 Å². The van der Waals surface area contributed by atoms with Gasteiger partial charge >= 0.3 is 0 Å². The van der Waals surface area contributed by atoms with Gasteiger partial charge in [0.1, 0.15) is 12.3 Å². The Morgan fingerprint density at radius 2 is 2.15 bits per heavy atom. The Balaban J connectivity index is 1.80. The maximum absolute atomic E-state index is 5.99. The standard InChI is InChI=1S/C16H20ClNO2/c1-2-19-10-4-9-18-12-15-7-8-16(20-15)13-5-3-6-14(17)11-13/h3,5-8,11,18H,2,4,9-10,12H2,1H3/p+1. The molecule has 0 amide bonds. The Hall–Kier alpha value is -1.29. The van der Waals surface area contributed by atoms with Crippen LogP contribution in [-0.4, -0.2) is 19.8 Å². The minimum absolute atomic E-state index is 0.725. The summed E-state index contributed by atoms with van der Waals surface area (Å²) < 4.78 is 11.1. The first kappa shape index (κ1) is 15.1. The van der Waals surface area contributed by atoms with Crippen LogP contribution in [0.2, 0.25) is 5.02 Å². The van der Waals surface area contributed by atoms with Gasteiger partial charge in [-0.25, -0.2) is 0 Å². The summed E-state index contributed by atoms with van der Waals surface area (Å²) in [7, 11) is 0. The van der Waals surface area contributed by atoms with E-state index in [1.54, 1.807) is 0 Å². The summed E-state index contributed by atoms with van der Waals surface area (Å²) in [4.78, 5) is 0. The van der Waals surface area contributed by atoms with Crippen molar-refractivity contribution < 1.29 is 14.5 Å². The maximum Gasteiger partial charge on any atom is 0.158 e. The third-order valence-corrected chi connectivity index (χ3v) is 3.25. The van der Waals surface area contributed by atoms with E-state index in [0.717, 1.165) is 54.8 Å². The molecule has 0 bridgehead atoms. The highest BCUT2D eigenvalue weighted by Crippen LogP contribution is 2.24. The number of halogens is 1. The zero-order valence-electron chi connectivity index (χ0n) is 11.8. The summed E-state index contributed by atoms with van der Waals surface area (Å²) in [6.45, 7) is 5.55. The first-order valence-electron chi connectivity index (χ1n) is 7.03. The molecule has 1 aromatic heterocycles. The van der Waals surface area contributed by atoms with E-state index < -0.39 is 0 Å². The highest BCUT2D eigenvalue weighted by molar-refractivity contribution is 6.30. The summed E-state index contributed by atoms with van der Waals surface area (Å²) in [5.74, 6) is 1.85. The second kappa shape index (κ2) is 8.10. The fourth-order valence-corrected chi connectivity index (χ4v) is 2.19. The predicted molar refractivity (Wildman–Crippen MR) is 80.8 cm³/mol. The number of hydrogen-bond donors (Lipinski definition) is 1. The molecular formula is C16H21ClNO2+. The molecule has 2 rings (SSSR count). The SMILES string of the molecule is CCOCCC[NH2+]Cc1ccc(-c2cccc(Cl)c2)o1. The van der Waals surface area contributed by atoms with Crippen molar-refractivity contribution in [3.05, 3.63) is 47.2 Å². The molecule has 0 spiro atoms. The minimum atomic E-state index is 0.725. The maximum atomic E-state index is 5.99. The topological polar surface area (TPSA) is 39.0 Å². The van der Waals surface area contributed by atoms with Crippen molar-refractivity contribution in [2.75, 3.05) is 19.8 Å². The van der Waals surface area contributed by atoms with Crippen LogP contribution in [0, 0.1) is 0 Å². The molecule has 0 aliphatic heterocycles. The fourth-order valence-electron chi connectivity index (χ4n) is 2.00. The monoisotopic (exact) mass is 294 g/mol. The van der Waals surface area contributed by atoms with Gasteiger partial charge in [-0.05, 0) is 31.2 Å². The Bertz CT molecular complexity index is 525. The minimum Gasteiger partial charge on any atom is -0.455 e. The van der Waals surface area contributed by atoms with Crippen LogP contribution in [-0.2, 0) is 11.3 Å². The highest BCUT2D eigenvalue weighted by Gasteiger charge is 2.06. The van der Waals surface area contributed by atoms with Crippen LogP contribution < -0.4 is 5.32 Å². The Morgan fingerprint density at radius 1 is 1.25 bits per heavy atom. The van der Waals surface area contributed by atoms with E-state index in [0.29, 0.717) is 0 Å². The van der Waals surface area contributed by atoms with Gasteiger partial charge in [-0.15, -0.1) is 0 Å². The molecule has 1 heterocycles. The van der Waals surface area contributed by atoms with E-state index in [-0.39, 0.29) is 0 Å². The number of furan rings is 1. The highest BCUT2D eigenvalue weighted by atomic mass is 35.5. The van der Waals surface area contributed by atoms with Crippen molar-refractivity contribution in [1.29, 1.82) is 0 Å². The molecule has 0 atom stereocenters. The van der Waals surface area contributed by atoms with Crippen LogP contribution in [0.15, 0.2) is 40.8 Å². The smallest absolute Gasteiger partial charge is 0.158 e. The average molecular weight is 295 g/mol. The Kier molecular flexibility index (Phi) is 6.12. The second-order valence-electron chi connectivity index (χ2n) is 4.61. The summed E-state index contributed by atoms with van der Waals surface area (Å²) >= 11 is 5.99. The molecule has 0 unspecified atom stereocenters. The van der Waals surface area contributed by atoms with Gasteiger partial charge in [-0.1, -0.05) is 23.7 Å². The lowest BCUT2D eigenvalue weighted by atomic mass is 10.2. The van der Waals surface area contributed by atoms with Gasteiger partial charge in [-0.2, -0.15) is 0 Å². The molecule has 4 heteroatoms. The first-order valence-corrected chi connectivity index (χ1v) is 7.41. The van der Waals surface area contributed by atoms with Gasteiger partial charge in [0.2, 0.25) is 0 Å². The lowest BCUT2D eigenvalue weighted by Gasteiger charge is -2.01. The number of nitrogens with two attached hydrogens (primary N) is 1. The van der Waals surface area contributed by atoms with Gasteiger partial charge in [0.25, 0.3) is 0 Å². The van der Waals surface area contributed by atoms with Gasteiger partial charge in [0.15, 0.2) is 5.76 Å². The predicted octanol–water partition coefficient (Wildman–Crippen LogP) is 3.09. The summed E-state index contributed by atoms with van der Waals surface area (Å²) in [6, 6.07) is 11.7. The second-order valence-corrected chi connectivity index (χ2v) is 5.04. The van der Waals surface area contributed by atoms with Crippen molar-refractivity contribution >= 4 is 11.6 Å². The molecule has 2 aromatic rings. The van der Waals surface area contributed by atoms with Gasteiger partial charge in [0.05, 0.1) is 13.2 Å². The van der Waals surface area contributed by atoms with Crippen LogP contribution >= 0.6 is 11.6 Å².